The second-order valence-corrected chi connectivity index (χ2v) is 9.34. The highest BCUT2D eigenvalue weighted by Crippen LogP contribution is 2.33. The van der Waals surface area contributed by atoms with E-state index in [2.05, 4.69) is 26.3 Å². The molecule has 1 aromatic heterocycles. The van der Waals surface area contributed by atoms with E-state index in [1.165, 1.54) is 0 Å². The summed E-state index contributed by atoms with van der Waals surface area (Å²) in [7, 11) is 0. The molecule has 3 aromatic carbocycles. The molecule has 4 aromatic rings. The average Bonchev–Trinajstić information content (AvgIpc) is 3.10. The number of hydrogen-bond donors (Lipinski definition) is 1. The van der Waals surface area contributed by atoms with E-state index in [0.717, 1.165) is 26.9 Å². The van der Waals surface area contributed by atoms with Crippen LogP contribution >= 0.6 is 50.7 Å². The zero-order valence-corrected chi connectivity index (χ0v) is 20.7. The van der Waals surface area contributed by atoms with Gasteiger partial charge in [-0.25, -0.2) is 4.68 Å². The molecule has 0 bridgehead atoms. The van der Waals surface area contributed by atoms with Crippen LogP contribution in [0, 0.1) is 6.92 Å². The van der Waals surface area contributed by atoms with Crippen LogP contribution in [0.1, 0.15) is 21.6 Å². The average molecular weight is 550 g/mol. The van der Waals surface area contributed by atoms with Gasteiger partial charge in [-0.15, -0.1) is 0 Å². The van der Waals surface area contributed by atoms with Crippen LogP contribution in [0.4, 0.5) is 0 Å². The van der Waals surface area contributed by atoms with E-state index in [0.29, 0.717) is 33.0 Å². The summed E-state index contributed by atoms with van der Waals surface area (Å²) in [5, 5.41) is 9.14. The van der Waals surface area contributed by atoms with Crippen LogP contribution in [0.2, 0.25) is 15.1 Å². The molecule has 0 aliphatic heterocycles. The molecule has 0 aliphatic rings. The second kappa shape index (κ2) is 9.67. The minimum Gasteiger partial charge on any atom is -0.347 e. The summed E-state index contributed by atoms with van der Waals surface area (Å²) in [6.45, 7) is 2.25. The third-order valence-corrected chi connectivity index (χ3v) is 6.28. The number of carbonyl (C=O) groups is 1. The maximum Gasteiger partial charge on any atom is 0.272 e. The Morgan fingerprint density at radius 3 is 2.28 bits per heavy atom. The van der Waals surface area contributed by atoms with Gasteiger partial charge in [-0.05, 0) is 55.0 Å². The molecule has 8 heteroatoms. The number of benzene rings is 3. The Labute approximate surface area is 209 Å². The fourth-order valence-electron chi connectivity index (χ4n) is 3.35. The van der Waals surface area contributed by atoms with Crippen LogP contribution in [0.3, 0.4) is 0 Å². The highest BCUT2D eigenvalue weighted by molar-refractivity contribution is 9.10. The van der Waals surface area contributed by atoms with Gasteiger partial charge < -0.3 is 5.32 Å². The molecule has 4 nitrogen and oxygen atoms in total. The first-order valence-corrected chi connectivity index (χ1v) is 11.6. The van der Waals surface area contributed by atoms with E-state index in [9.17, 15) is 4.79 Å². The van der Waals surface area contributed by atoms with Crippen molar-refractivity contribution in [3.63, 3.8) is 0 Å². The minimum absolute atomic E-state index is 0.274. The van der Waals surface area contributed by atoms with E-state index in [-0.39, 0.29) is 5.91 Å². The summed E-state index contributed by atoms with van der Waals surface area (Å²) in [5.41, 5.74) is 4.26. The number of nitrogens with one attached hydrogen (secondary N) is 1. The quantitative estimate of drug-likeness (QED) is 0.280. The zero-order valence-electron chi connectivity index (χ0n) is 16.9. The van der Waals surface area contributed by atoms with Crippen molar-refractivity contribution in [2.45, 2.75) is 13.5 Å². The van der Waals surface area contributed by atoms with Crippen LogP contribution in [0.15, 0.2) is 71.2 Å². The third-order valence-electron chi connectivity index (χ3n) is 4.96. The fraction of sp³-hybridized carbons (Fsp3) is 0.0833. The lowest BCUT2D eigenvalue weighted by Crippen LogP contribution is -2.24. The van der Waals surface area contributed by atoms with Crippen LogP contribution in [-0.4, -0.2) is 15.7 Å². The smallest absolute Gasteiger partial charge is 0.272 e. The lowest BCUT2D eigenvalue weighted by Gasteiger charge is -2.11. The third kappa shape index (κ3) is 4.86. The SMILES string of the molecule is Cc1c(C(=O)NCc2ccc(Br)cc2)nn(-c2ccc(Cl)cc2Cl)c1-c1ccc(Cl)cc1. The maximum atomic E-state index is 13.1. The number of halogens is 4. The van der Waals surface area contributed by atoms with E-state index in [1.807, 2.05) is 43.3 Å². The predicted molar refractivity (Wildman–Crippen MR) is 134 cm³/mol. The highest BCUT2D eigenvalue weighted by atomic mass is 79.9. The van der Waals surface area contributed by atoms with Crippen LogP contribution in [-0.2, 0) is 6.54 Å². The second-order valence-electron chi connectivity index (χ2n) is 7.15. The first kappa shape index (κ1) is 22.9. The van der Waals surface area contributed by atoms with Crippen LogP contribution in [0.5, 0.6) is 0 Å². The van der Waals surface area contributed by atoms with Gasteiger partial charge >= 0.3 is 0 Å². The first-order valence-electron chi connectivity index (χ1n) is 9.67. The van der Waals surface area contributed by atoms with E-state index < -0.39 is 0 Å². The minimum atomic E-state index is -0.274. The fourth-order valence-corrected chi connectivity index (χ4v) is 4.23. The van der Waals surface area contributed by atoms with Gasteiger partial charge in [0.25, 0.3) is 5.91 Å². The Morgan fingerprint density at radius 1 is 0.969 bits per heavy atom. The molecular formula is C24H17BrCl3N3O. The van der Waals surface area contributed by atoms with Crippen molar-refractivity contribution in [2.75, 3.05) is 0 Å². The Balaban J connectivity index is 1.75. The van der Waals surface area contributed by atoms with E-state index in [1.54, 1.807) is 35.0 Å². The van der Waals surface area contributed by atoms with Crippen molar-refractivity contribution >= 4 is 56.6 Å². The van der Waals surface area contributed by atoms with Gasteiger partial charge in [0, 0.05) is 32.2 Å². The molecule has 1 N–H and O–H groups in total. The molecule has 1 amide bonds. The summed E-state index contributed by atoms with van der Waals surface area (Å²) >= 11 is 22.0. The lowest BCUT2D eigenvalue weighted by molar-refractivity contribution is 0.0945. The number of hydrogen-bond acceptors (Lipinski definition) is 2. The van der Waals surface area contributed by atoms with Crippen molar-refractivity contribution in [3.05, 3.63) is 103 Å². The number of carbonyl (C=O) groups excluding carboxylic acids is 1. The molecule has 32 heavy (non-hydrogen) atoms. The molecule has 0 spiro atoms. The first-order chi connectivity index (χ1) is 15.3. The van der Waals surface area contributed by atoms with E-state index in [4.69, 9.17) is 34.8 Å². The molecule has 0 atom stereocenters. The number of aromatic nitrogens is 2. The van der Waals surface area contributed by atoms with Crippen molar-refractivity contribution in [3.8, 4) is 16.9 Å². The predicted octanol–water partition coefficient (Wildman–Crippen LogP) is 7.50. The van der Waals surface area contributed by atoms with Gasteiger partial charge in [0.05, 0.1) is 16.4 Å². The Kier molecular flexibility index (Phi) is 6.91. The summed E-state index contributed by atoms with van der Waals surface area (Å²) in [6.07, 6.45) is 0. The number of amides is 1. The van der Waals surface area contributed by atoms with E-state index >= 15 is 0 Å². The zero-order chi connectivity index (χ0) is 22.8. The van der Waals surface area contributed by atoms with Crippen LogP contribution < -0.4 is 5.32 Å². The Hall–Kier alpha value is -2.31. The topological polar surface area (TPSA) is 46.9 Å². The summed E-state index contributed by atoms with van der Waals surface area (Å²) in [4.78, 5) is 13.1. The molecule has 0 saturated carbocycles. The maximum absolute atomic E-state index is 13.1. The molecule has 0 unspecified atom stereocenters. The van der Waals surface area contributed by atoms with Crippen molar-refractivity contribution < 1.29 is 4.79 Å². The summed E-state index contributed by atoms with van der Waals surface area (Å²) in [5.74, 6) is -0.274. The molecule has 1 heterocycles. The standard InChI is InChI=1S/C24H17BrCl3N3O/c1-14-22(24(32)29-13-15-2-6-17(25)7-3-15)30-31(21-11-10-19(27)12-20(21)28)23(14)16-4-8-18(26)9-5-16/h2-12H,13H2,1H3,(H,29,32). The molecule has 0 fully saturated rings. The number of nitrogens with zero attached hydrogens (tertiary/aromatic N) is 2. The molecule has 0 radical (unpaired) electrons. The monoisotopic (exact) mass is 547 g/mol. The Bertz CT molecular complexity index is 1290. The normalized spacial score (nSPS) is 10.9. The van der Waals surface area contributed by atoms with Crippen molar-refractivity contribution in [1.29, 1.82) is 0 Å². The molecule has 162 valence electrons. The van der Waals surface area contributed by atoms with Gasteiger partial charge in [-0.1, -0.05) is 75.0 Å². The number of rotatable bonds is 5. The van der Waals surface area contributed by atoms with Gasteiger partial charge in [0.15, 0.2) is 5.69 Å². The summed E-state index contributed by atoms with van der Waals surface area (Å²) < 4.78 is 2.65. The largest absolute Gasteiger partial charge is 0.347 e. The van der Waals surface area contributed by atoms with Crippen molar-refractivity contribution in [2.24, 2.45) is 0 Å². The van der Waals surface area contributed by atoms with Gasteiger partial charge in [-0.2, -0.15) is 5.10 Å². The van der Waals surface area contributed by atoms with Crippen molar-refractivity contribution in [1.82, 2.24) is 15.1 Å². The lowest BCUT2D eigenvalue weighted by atomic mass is 10.1. The molecule has 4 rings (SSSR count). The van der Waals surface area contributed by atoms with Crippen LogP contribution in [0.25, 0.3) is 16.9 Å². The summed E-state index contributed by atoms with van der Waals surface area (Å²) in [6, 6.07) is 20.3. The molecule has 0 saturated heterocycles. The highest BCUT2D eigenvalue weighted by Gasteiger charge is 2.23. The van der Waals surface area contributed by atoms with Gasteiger partial charge in [-0.3, -0.25) is 4.79 Å². The Morgan fingerprint density at radius 2 is 1.62 bits per heavy atom. The van der Waals surface area contributed by atoms with Gasteiger partial charge in [0.1, 0.15) is 0 Å². The molecular weight excluding hydrogens is 533 g/mol. The molecule has 0 aliphatic carbocycles. The van der Waals surface area contributed by atoms with Gasteiger partial charge in [0.2, 0.25) is 0 Å².